The van der Waals surface area contributed by atoms with Crippen LogP contribution in [-0.4, -0.2) is 44.1 Å². The Morgan fingerprint density at radius 3 is 2.62 bits per heavy atom. The number of nitro groups is 1. The highest BCUT2D eigenvalue weighted by Crippen LogP contribution is 2.28. The lowest BCUT2D eigenvalue weighted by Crippen LogP contribution is -2.63. The molecule has 0 spiro atoms. The Bertz CT molecular complexity index is 546. The van der Waals surface area contributed by atoms with E-state index in [-0.39, 0.29) is 11.6 Å². The molecule has 0 bridgehead atoms. The fraction of sp³-hybridized carbons (Fsp3) is 0.643. The Hall–Kier alpha value is -1.89. The second-order valence-corrected chi connectivity index (χ2v) is 5.67. The zero-order valence-corrected chi connectivity index (χ0v) is 12.4. The molecule has 0 saturated carbocycles. The van der Waals surface area contributed by atoms with E-state index in [4.69, 9.17) is 0 Å². The first kappa shape index (κ1) is 15.5. The number of hydrogen-bond acceptors (Lipinski definition) is 4. The van der Waals surface area contributed by atoms with Gasteiger partial charge in [0.1, 0.15) is 5.69 Å². The minimum atomic E-state index is -0.793. The Balaban J connectivity index is 2.14. The summed E-state index contributed by atoms with van der Waals surface area (Å²) in [6.07, 6.45) is 3.70. The first-order valence-corrected chi connectivity index (χ1v) is 7.26. The lowest BCUT2D eigenvalue weighted by molar-refractivity contribution is -0.384. The number of rotatable bonds is 6. The van der Waals surface area contributed by atoms with Crippen molar-refractivity contribution in [3.8, 4) is 0 Å². The quantitative estimate of drug-likeness (QED) is 0.640. The number of aryl methyl sites for hydroxylation is 1. The van der Waals surface area contributed by atoms with Gasteiger partial charge >= 0.3 is 0 Å². The van der Waals surface area contributed by atoms with Crippen molar-refractivity contribution in [2.24, 2.45) is 0 Å². The summed E-state index contributed by atoms with van der Waals surface area (Å²) >= 11 is 0. The third-order valence-electron chi connectivity index (χ3n) is 3.75. The van der Waals surface area contributed by atoms with E-state index in [1.54, 1.807) is 9.47 Å². The first-order valence-electron chi connectivity index (χ1n) is 7.26. The van der Waals surface area contributed by atoms with E-state index in [0.717, 1.165) is 12.8 Å². The highest BCUT2D eigenvalue weighted by molar-refractivity contribution is 5.94. The average Bonchev–Trinajstić information content (AvgIpc) is 2.80. The van der Waals surface area contributed by atoms with E-state index < -0.39 is 10.5 Å². The molecule has 2 rings (SSSR count). The molecule has 0 atom stereocenters. The lowest BCUT2D eigenvalue weighted by atomic mass is 9.89. The van der Waals surface area contributed by atoms with E-state index in [9.17, 15) is 20.0 Å². The predicted molar refractivity (Wildman–Crippen MR) is 77.1 cm³/mol. The van der Waals surface area contributed by atoms with Crippen LogP contribution < -0.4 is 0 Å². The standard InChI is InChI=1S/C14H21N3O4/c1-3-5-14(19)9-16(10-14)13(18)12-7-11(17(20)21)8-15(12)6-4-2/h7-8,19H,3-6,9-10H2,1-2H3. The van der Waals surface area contributed by atoms with Crippen LogP contribution in [0.5, 0.6) is 0 Å². The van der Waals surface area contributed by atoms with Gasteiger partial charge in [-0.2, -0.15) is 0 Å². The van der Waals surface area contributed by atoms with E-state index in [0.29, 0.717) is 31.7 Å². The summed E-state index contributed by atoms with van der Waals surface area (Å²) in [6, 6.07) is 1.31. The molecule has 7 nitrogen and oxygen atoms in total. The molecule has 0 unspecified atom stereocenters. The molecule has 1 aliphatic rings. The Labute approximate surface area is 123 Å². The molecule has 21 heavy (non-hydrogen) atoms. The van der Waals surface area contributed by atoms with Gasteiger partial charge in [-0.1, -0.05) is 20.3 Å². The van der Waals surface area contributed by atoms with Crippen LogP contribution in [0.2, 0.25) is 0 Å². The number of aromatic nitrogens is 1. The summed E-state index contributed by atoms with van der Waals surface area (Å²) in [4.78, 5) is 24.3. The van der Waals surface area contributed by atoms with Crippen LogP contribution in [-0.2, 0) is 6.54 Å². The number of nitrogens with zero attached hydrogens (tertiary/aromatic N) is 3. The van der Waals surface area contributed by atoms with Gasteiger partial charge in [-0.3, -0.25) is 14.9 Å². The maximum Gasteiger partial charge on any atom is 0.287 e. The molecule has 0 aromatic carbocycles. The van der Waals surface area contributed by atoms with Crippen molar-refractivity contribution in [1.82, 2.24) is 9.47 Å². The molecular weight excluding hydrogens is 274 g/mol. The smallest absolute Gasteiger partial charge is 0.287 e. The summed E-state index contributed by atoms with van der Waals surface area (Å²) < 4.78 is 1.62. The molecule has 1 aromatic heterocycles. The predicted octanol–water partition coefficient (Wildman–Crippen LogP) is 1.79. The number of carbonyl (C=O) groups is 1. The number of amides is 1. The van der Waals surface area contributed by atoms with Crippen LogP contribution in [0.3, 0.4) is 0 Å². The Morgan fingerprint density at radius 1 is 1.43 bits per heavy atom. The number of aliphatic hydroxyl groups is 1. The van der Waals surface area contributed by atoms with Crippen molar-refractivity contribution in [2.75, 3.05) is 13.1 Å². The molecule has 2 heterocycles. The van der Waals surface area contributed by atoms with Gasteiger partial charge in [0, 0.05) is 12.6 Å². The van der Waals surface area contributed by atoms with E-state index >= 15 is 0 Å². The summed E-state index contributed by atoms with van der Waals surface area (Å²) in [5.74, 6) is -0.252. The molecule has 1 aromatic rings. The largest absolute Gasteiger partial charge is 0.386 e. The van der Waals surface area contributed by atoms with Gasteiger partial charge in [0.15, 0.2) is 0 Å². The van der Waals surface area contributed by atoms with Crippen LogP contribution in [0.1, 0.15) is 43.6 Å². The van der Waals surface area contributed by atoms with Crippen LogP contribution >= 0.6 is 0 Å². The number of likely N-dealkylation sites (tertiary alicyclic amines) is 1. The highest BCUT2D eigenvalue weighted by atomic mass is 16.6. The maximum absolute atomic E-state index is 12.4. The molecule has 0 aliphatic carbocycles. The number of β-amino-alcohol motifs (C(OH)–C–C–N with tert-alkyl or cyclic N) is 1. The van der Waals surface area contributed by atoms with Gasteiger partial charge in [-0.15, -0.1) is 0 Å². The van der Waals surface area contributed by atoms with Gasteiger partial charge in [0.25, 0.3) is 11.6 Å². The van der Waals surface area contributed by atoms with Crippen molar-refractivity contribution in [3.05, 3.63) is 28.1 Å². The summed E-state index contributed by atoms with van der Waals surface area (Å²) in [5.41, 5.74) is -0.545. The monoisotopic (exact) mass is 295 g/mol. The molecule has 0 radical (unpaired) electrons. The number of hydrogen-bond donors (Lipinski definition) is 1. The van der Waals surface area contributed by atoms with Crippen molar-refractivity contribution in [3.63, 3.8) is 0 Å². The fourth-order valence-corrected chi connectivity index (χ4v) is 2.79. The SMILES string of the molecule is CCCn1cc([N+](=O)[O-])cc1C(=O)N1CC(O)(CCC)C1. The van der Waals surface area contributed by atoms with E-state index in [1.165, 1.54) is 12.3 Å². The normalized spacial score (nSPS) is 16.6. The topological polar surface area (TPSA) is 88.6 Å². The molecule has 1 fully saturated rings. The zero-order valence-electron chi connectivity index (χ0n) is 12.4. The van der Waals surface area contributed by atoms with Crippen molar-refractivity contribution in [1.29, 1.82) is 0 Å². The number of carbonyl (C=O) groups excluding carboxylic acids is 1. The second-order valence-electron chi connectivity index (χ2n) is 5.67. The first-order chi connectivity index (χ1) is 9.90. The Morgan fingerprint density at radius 2 is 2.10 bits per heavy atom. The van der Waals surface area contributed by atoms with Crippen LogP contribution in [0.15, 0.2) is 12.3 Å². The van der Waals surface area contributed by atoms with Crippen molar-refractivity contribution < 1.29 is 14.8 Å². The molecule has 1 saturated heterocycles. The second kappa shape index (κ2) is 5.85. The molecule has 1 amide bonds. The summed E-state index contributed by atoms with van der Waals surface area (Å²) in [7, 11) is 0. The van der Waals surface area contributed by atoms with Crippen molar-refractivity contribution >= 4 is 11.6 Å². The maximum atomic E-state index is 12.4. The molecule has 1 N–H and O–H groups in total. The molecule has 116 valence electrons. The Kier molecular flexibility index (Phi) is 4.32. The fourth-order valence-electron chi connectivity index (χ4n) is 2.79. The highest BCUT2D eigenvalue weighted by Gasteiger charge is 2.43. The van der Waals surface area contributed by atoms with Gasteiger partial charge in [-0.05, 0) is 12.8 Å². The zero-order chi connectivity index (χ0) is 15.6. The lowest BCUT2D eigenvalue weighted by Gasteiger charge is -2.46. The molecule has 7 heteroatoms. The molecular formula is C14H21N3O4. The minimum absolute atomic E-state index is 0.0730. The third kappa shape index (κ3) is 3.07. The van der Waals surface area contributed by atoms with Crippen LogP contribution in [0.25, 0.3) is 0 Å². The van der Waals surface area contributed by atoms with E-state index in [2.05, 4.69) is 0 Å². The van der Waals surface area contributed by atoms with Gasteiger partial charge in [0.05, 0.1) is 29.8 Å². The van der Waals surface area contributed by atoms with Gasteiger partial charge < -0.3 is 14.6 Å². The van der Waals surface area contributed by atoms with Crippen LogP contribution in [0, 0.1) is 10.1 Å². The third-order valence-corrected chi connectivity index (χ3v) is 3.75. The van der Waals surface area contributed by atoms with Gasteiger partial charge in [-0.25, -0.2) is 0 Å². The van der Waals surface area contributed by atoms with Crippen LogP contribution in [0.4, 0.5) is 5.69 Å². The van der Waals surface area contributed by atoms with E-state index in [1.807, 2.05) is 13.8 Å². The summed E-state index contributed by atoms with van der Waals surface area (Å²) in [5, 5.41) is 21.0. The minimum Gasteiger partial charge on any atom is -0.386 e. The average molecular weight is 295 g/mol. The molecule has 1 aliphatic heterocycles. The van der Waals surface area contributed by atoms with Crippen molar-refractivity contribution in [2.45, 2.75) is 45.3 Å². The summed E-state index contributed by atoms with van der Waals surface area (Å²) in [6.45, 7) is 5.08. The van der Waals surface area contributed by atoms with Gasteiger partial charge in [0.2, 0.25) is 0 Å².